The molecule has 0 aliphatic heterocycles. The van der Waals surface area contributed by atoms with Gasteiger partial charge in [0.05, 0.1) is 12.5 Å². The zero-order valence-electron chi connectivity index (χ0n) is 13.4. The van der Waals surface area contributed by atoms with Crippen LogP contribution in [0.3, 0.4) is 0 Å². The van der Waals surface area contributed by atoms with Gasteiger partial charge >= 0.3 is 0 Å². The second-order valence-corrected chi connectivity index (χ2v) is 7.03. The Hall–Kier alpha value is -2.14. The summed E-state index contributed by atoms with van der Waals surface area (Å²) < 4.78 is 5.32. The molecule has 3 aromatic rings. The fraction of sp³-hybridized carbons (Fsp3) is 0.333. The Balaban J connectivity index is 1.70. The highest BCUT2D eigenvalue weighted by Gasteiger charge is 2.22. The van der Waals surface area contributed by atoms with E-state index in [2.05, 4.69) is 34.0 Å². The molecule has 0 saturated heterocycles. The minimum Gasteiger partial charge on any atom is -0.497 e. The number of fused-ring (bicyclic) bond motifs is 3. The molecule has 2 heterocycles. The van der Waals surface area contributed by atoms with Crippen LogP contribution in [0, 0.1) is 0 Å². The van der Waals surface area contributed by atoms with E-state index < -0.39 is 0 Å². The molecule has 1 aliphatic carbocycles. The Morgan fingerprint density at radius 3 is 3.04 bits per heavy atom. The molecule has 0 bridgehead atoms. The van der Waals surface area contributed by atoms with E-state index >= 15 is 0 Å². The number of aromatic nitrogens is 2. The molecule has 5 heteroatoms. The average Bonchev–Trinajstić information content (AvgIpc) is 3.15. The lowest BCUT2D eigenvalue weighted by Crippen LogP contribution is -2.18. The van der Waals surface area contributed by atoms with E-state index in [9.17, 15) is 0 Å². The number of ether oxygens (including phenoxy) is 1. The van der Waals surface area contributed by atoms with Crippen molar-refractivity contribution in [2.24, 2.45) is 0 Å². The molecule has 0 spiro atoms. The largest absolute Gasteiger partial charge is 0.497 e. The summed E-state index contributed by atoms with van der Waals surface area (Å²) in [4.78, 5) is 13.9. The topological polar surface area (TPSA) is 38.2 Å². The highest BCUT2D eigenvalue weighted by atomic mass is 32.1. The summed E-state index contributed by atoms with van der Waals surface area (Å²) in [5.41, 5.74) is 2.68. The standard InChI is InChI=1S/C18H19N3OS/c1-21(10-12-5-3-6-13(9-12)22-2)17-16-14-7-4-8-15(14)23-18(16)20-11-19-17/h3,5-6,9,11H,4,7-8,10H2,1-2H3. The minimum absolute atomic E-state index is 0.800. The molecule has 1 aliphatic rings. The monoisotopic (exact) mass is 325 g/mol. The van der Waals surface area contributed by atoms with Gasteiger partial charge in [0.15, 0.2) is 0 Å². The molecule has 0 N–H and O–H groups in total. The lowest BCUT2D eigenvalue weighted by molar-refractivity contribution is 0.414. The smallest absolute Gasteiger partial charge is 0.141 e. The third-order valence-electron chi connectivity index (χ3n) is 4.40. The van der Waals surface area contributed by atoms with Gasteiger partial charge in [-0.25, -0.2) is 9.97 Å². The van der Waals surface area contributed by atoms with E-state index in [-0.39, 0.29) is 0 Å². The SMILES string of the molecule is COc1cccc(CN(C)c2ncnc3sc4c(c23)CCC4)c1. The number of hydrogen-bond donors (Lipinski definition) is 0. The van der Waals surface area contributed by atoms with Crippen LogP contribution in [0.25, 0.3) is 10.2 Å². The third-order valence-corrected chi connectivity index (χ3v) is 5.60. The average molecular weight is 325 g/mol. The van der Waals surface area contributed by atoms with Crippen molar-refractivity contribution < 1.29 is 4.74 Å². The van der Waals surface area contributed by atoms with E-state index in [1.54, 1.807) is 13.4 Å². The molecular formula is C18H19N3OS. The molecule has 1 aromatic carbocycles. The molecule has 4 rings (SSSR count). The summed E-state index contributed by atoms with van der Waals surface area (Å²) in [5, 5.41) is 1.26. The van der Waals surface area contributed by atoms with Gasteiger partial charge in [0.25, 0.3) is 0 Å². The lowest BCUT2D eigenvalue weighted by Gasteiger charge is -2.19. The predicted octanol–water partition coefficient (Wildman–Crippen LogP) is 3.83. The highest BCUT2D eigenvalue weighted by molar-refractivity contribution is 7.19. The van der Waals surface area contributed by atoms with Crippen LogP contribution < -0.4 is 9.64 Å². The zero-order valence-corrected chi connectivity index (χ0v) is 14.2. The van der Waals surface area contributed by atoms with Crippen molar-refractivity contribution in [3.8, 4) is 5.75 Å². The van der Waals surface area contributed by atoms with E-state index in [1.807, 2.05) is 23.5 Å². The Morgan fingerprint density at radius 2 is 2.17 bits per heavy atom. The van der Waals surface area contributed by atoms with Gasteiger partial charge in [-0.15, -0.1) is 11.3 Å². The van der Waals surface area contributed by atoms with Gasteiger partial charge in [0, 0.05) is 18.5 Å². The van der Waals surface area contributed by atoms with Crippen LogP contribution in [0.1, 0.15) is 22.4 Å². The Bertz CT molecular complexity index is 859. The molecule has 0 radical (unpaired) electrons. The summed E-state index contributed by atoms with van der Waals surface area (Å²) >= 11 is 1.83. The van der Waals surface area contributed by atoms with Crippen LogP contribution in [0.2, 0.25) is 0 Å². The Kier molecular flexibility index (Phi) is 3.65. The summed E-state index contributed by atoms with van der Waals surface area (Å²) in [6.45, 7) is 0.800. The molecular weight excluding hydrogens is 306 g/mol. The Morgan fingerprint density at radius 1 is 1.26 bits per heavy atom. The predicted molar refractivity (Wildman–Crippen MR) is 94.5 cm³/mol. The molecule has 0 fully saturated rings. The first-order valence-electron chi connectivity index (χ1n) is 7.85. The van der Waals surface area contributed by atoms with E-state index in [0.29, 0.717) is 0 Å². The van der Waals surface area contributed by atoms with Gasteiger partial charge in [-0.3, -0.25) is 0 Å². The maximum atomic E-state index is 5.32. The molecule has 118 valence electrons. The van der Waals surface area contributed by atoms with Gasteiger partial charge in [-0.2, -0.15) is 0 Å². The van der Waals surface area contributed by atoms with E-state index in [1.165, 1.54) is 34.2 Å². The van der Waals surface area contributed by atoms with E-state index in [0.717, 1.165) is 29.4 Å². The number of rotatable bonds is 4. The van der Waals surface area contributed by atoms with Gasteiger partial charge in [-0.05, 0) is 42.5 Å². The van der Waals surface area contributed by atoms with Crippen LogP contribution >= 0.6 is 11.3 Å². The lowest BCUT2D eigenvalue weighted by atomic mass is 10.1. The van der Waals surface area contributed by atoms with Gasteiger partial charge in [0.2, 0.25) is 0 Å². The quantitative estimate of drug-likeness (QED) is 0.731. The number of methoxy groups -OCH3 is 1. The van der Waals surface area contributed by atoms with Crippen molar-refractivity contribution in [1.82, 2.24) is 9.97 Å². The van der Waals surface area contributed by atoms with Crippen LogP contribution in [-0.4, -0.2) is 24.1 Å². The summed E-state index contributed by atoms with van der Waals surface area (Å²) in [6.07, 6.45) is 5.29. The molecule has 4 nitrogen and oxygen atoms in total. The number of thiophene rings is 1. The zero-order chi connectivity index (χ0) is 15.8. The maximum absolute atomic E-state index is 5.32. The van der Waals surface area contributed by atoms with E-state index in [4.69, 9.17) is 4.74 Å². The second kappa shape index (κ2) is 5.81. The molecule has 0 amide bonds. The van der Waals surface area contributed by atoms with Crippen molar-refractivity contribution in [1.29, 1.82) is 0 Å². The maximum Gasteiger partial charge on any atom is 0.141 e. The third kappa shape index (κ3) is 2.55. The second-order valence-electron chi connectivity index (χ2n) is 5.94. The normalized spacial score (nSPS) is 13.3. The van der Waals surface area contributed by atoms with Crippen molar-refractivity contribution in [3.63, 3.8) is 0 Å². The fourth-order valence-electron chi connectivity index (χ4n) is 3.32. The summed E-state index contributed by atoms with van der Waals surface area (Å²) in [6, 6.07) is 8.19. The number of nitrogens with zero attached hydrogens (tertiary/aromatic N) is 3. The first-order valence-corrected chi connectivity index (χ1v) is 8.67. The number of anilines is 1. The number of benzene rings is 1. The van der Waals surface area contributed by atoms with Crippen LogP contribution in [0.5, 0.6) is 5.75 Å². The molecule has 2 aromatic heterocycles. The van der Waals surface area contributed by atoms with Crippen molar-refractivity contribution in [2.45, 2.75) is 25.8 Å². The number of hydrogen-bond acceptors (Lipinski definition) is 5. The Labute approximate surface area is 139 Å². The minimum atomic E-state index is 0.800. The van der Waals surface area contributed by atoms with Crippen LogP contribution in [0.15, 0.2) is 30.6 Å². The first kappa shape index (κ1) is 14.5. The first-order chi connectivity index (χ1) is 11.3. The molecule has 23 heavy (non-hydrogen) atoms. The number of aryl methyl sites for hydroxylation is 2. The summed E-state index contributed by atoms with van der Waals surface area (Å²) in [5.74, 6) is 1.93. The molecule has 0 saturated carbocycles. The van der Waals surface area contributed by atoms with Crippen molar-refractivity contribution in [3.05, 3.63) is 46.6 Å². The van der Waals surface area contributed by atoms with Crippen molar-refractivity contribution >= 4 is 27.4 Å². The molecule has 0 atom stereocenters. The summed E-state index contributed by atoms with van der Waals surface area (Å²) in [7, 11) is 3.80. The highest BCUT2D eigenvalue weighted by Crippen LogP contribution is 2.40. The van der Waals surface area contributed by atoms with Gasteiger partial charge in [0.1, 0.15) is 22.7 Å². The van der Waals surface area contributed by atoms with Crippen molar-refractivity contribution in [2.75, 3.05) is 19.1 Å². The van der Waals surface area contributed by atoms with Crippen LogP contribution in [-0.2, 0) is 19.4 Å². The van der Waals surface area contributed by atoms with Gasteiger partial charge in [-0.1, -0.05) is 12.1 Å². The van der Waals surface area contributed by atoms with Crippen LogP contribution in [0.4, 0.5) is 5.82 Å². The molecule has 0 unspecified atom stereocenters. The fourth-order valence-corrected chi connectivity index (χ4v) is 4.54. The van der Waals surface area contributed by atoms with Gasteiger partial charge < -0.3 is 9.64 Å².